The average molecular weight is 532 g/mol. The van der Waals surface area contributed by atoms with Crippen molar-refractivity contribution in [1.82, 2.24) is 19.8 Å². The van der Waals surface area contributed by atoms with E-state index in [2.05, 4.69) is 21.8 Å². The van der Waals surface area contributed by atoms with Crippen LogP contribution in [0.25, 0.3) is 16.6 Å². The van der Waals surface area contributed by atoms with Gasteiger partial charge in [0.2, 0.25) is 5.91 Å². The van der Waals surface area contributed by atoms with Gasteiger partial charge in [0.1, 0.15) is 11.2 Å². The van der Waals surface area contributed by atoms with Gasteiger partial charge in [0, 0.05) is 37.9 Å². The normalized spacial score (nSPS) is 19.8. The van der Waals surface area contributed by atoms with E-state index in [9.17, 15) is 24.0 Å². The van der Waals surface area contributed by atoms with Crippen LogP contribution >= 0.6 is 0 Å². The van der Waals surface area contributed by atoms with Crippen LogP contribution in [0.3, 0.4) is 0 Å². The fourth-order valence-electron chi connectivity index (χ4n) is 5.57. The molecule has 2 atom stereocenters. The lowest BCUT2D eigenvalue weighted by atomic mass is 9.69. The first-order valence-corrected chi connectivity index (χ1v) is 13.0. The molecule has 0 radical (unpaired) electrons. The molecule has 1 aromatic carbocycles. The molecule has 1 aliphatic carbocycles. The monoisotopic (exact) mass is 531 g/mol. The summed E-state index contributed by atoms with van der Waals surface area (Å²) in [6.45, 7) is 2.96. The van der Waals surface area contributed by atoms with Crippen LogP contribution in [0.5, 0.6) is 0 Å². The maximum absolute atomic E-state index is 14.7. The predicted molar refractivity (Wildman–Crippen MR) is 142 cm³/mol. The molecule has 2 aromatic heterocycles. The molecular formula is C28H30FN7O3. The molecule has 1 aliphatic heterocycles. The highest BCUT2D eigenvalue weighted by atomic mass is 19.1. The van der Waals surface area contributed by atoms with E-state index in [0.29, 0.717) is 48.3 Å². The Bertz CT molecular complexity index is 1520. The van der Waals surface area contributed by atoms with E-state index < -0.39 is 23.0 Å². The highest BCUT2D eigenvalue weighted by Crippen LogP contribution is 2.43. The van der Waals surface area contributed by atoms with Gasteiger partial charge in [-0.25, -0.2) is 8.91 Å². The smallest absolute Gasteiger partial charge is 0.253 e. The van der Waals surface area contributed by atoms with Gasteiger partial charge >= 0.3 is 0 Å². The SMILES string of the molecule is CC[C@H]1CN(C(=O)C2(C#N)CCC2)C[C@H]1Nc1c(C(N)=O)cnn2cc(-c3ccc(C(=O)NC)c(F)c3)cc12. The molecule has 0 spiro atoms. The van der Waals surface area contributed by atoms with Crippen molar-refractivity contribution in [3.63, 3.8) is 0 Å². The summed E-state index contributed by atoms with van der Waals surface area (Å²) in [7, 11) is 1.43. The Labute approximate surface area is 224 Å². The molecule has 1 saturated carbocycles. The zero-order chi connectivity index (χ0) is 27.9. The highest BCUT2D eigenvalue weighted by Gasteiger charge is 2.49. The number of aromatic nitrogens is 2. The van der Waals surface area contributed by atoms with Crippen LogP contribution in [0.4, 0.5) is 10.1 Å². The molecule has 39 heavy (non-hydrogen) atoms. The number of anilines is 1. The molecule has 2 aliphatic rings. The average Bonchev–Trinajstić information content (AvgIpc) is 3.52. The van der Waals surface area contributed by atoms with Gasteiger partial charge in [-0.2, -0.15) is 10.4 Å². The first-order chi connectivity index (χ1) is 18.7. The van der Waals surface area contributed by atoms with Crippen molar-refractivity contribution in [1.29, 1.82) is 5.26 Å². The zero-order valence-corrected chi connectivity index (χ0v) is 21.8. The predicted octanol–water partition coefficient (Wildman–Crippen LogP) is 2.94. The summed E-state index contributed by atoms with van der Waals surface area (Å²) in [5.41, 5.74) is 7.11. The molecule has 4 N–H and O–H groups in total. The summed E-state index contributed by atoms with van der Waals surface area (Å²) < 4.78 is 16.2. The lowest BCUT2D eigenvalue weighted by Gasteiger charge is -2.36. The number of hydrogen-bond donors (Lipinski definition) is 3. The van der Waals surface area contributed by atoms with Gasteiger partial charge in [-0.15, -0.1) is 0 Å². The van der Waals surface area contributed by atoms with Crippen LogP contribution in [-0.4, -0.2) is 58.4 Å². The van der Waals surface area contributed by atoms with Gasteiger partial charge in [0.05, 0.1) is 34.6 Å². The third-order valence-corrected chi connectivity index (χ3v) is 8.09. The number of nitriles is 1. The van der Waals surface area contributed by atoms with Crippen molar-refractivity contribution in [2.75, 3.05) is 25.5 Å². The molecular weight excluding hydrogens is 501 g/mol. The van der Waals surface area contributed by atoms with Crippen molar-refractivity contribution in [2.45, 2.75) is 38.6 Å². The van der Waals surface area contributed by atoms with Gasteiger partial charge in [0.15, 0.2) is 0 Å². The number of nitrogens with zero attached hydrogens (tertiary/aromatic N) is 4. The van der Waals surface area contributed by atoms with Gasteiger partial charge in [-0.3, -0.25) is 14.4 Å². The largest absolute Gasteiger partial charge is 0.378 e. The number of halogens is 1. The number of hydrogen-bond acceptors (Lipinski definition) is 6. The van der Waals surface area contributed by atoms with Gasteiger partial charge in [0.25, 0.3) is 11.8 Å². The molecule has 3 aromatic rings. The molecule has 10 nitrogen and oxygen atoms in total. The summed E-state index contributed by atoms with van der Waals surface area (Å²) in [4.78, 5) is 39.3. The number of amides is 3. The maximum Gasteiger partial charge on any atom is 0.253 e. The van der Waals surface area contributed by atoms with Crippen molar-refractivity contribution < 1.29 is 18.8 Å². The van der Waals surface area contributed by atoms with Crippen LogP contribution < -0.4 is 16.4 Å². The van der Waals surface area contributed by atoms with Crippen molar-refractivity contribution in [3.05, 3.63) is 53.6 Å². The van der Waals surface area contributed by atoms with Gasteiger partial charge in [-0.05, 0) is 55.4 Å². The Balaban J connectivity index is 1.49. The Hall–Kier alpha value is -4.46. The molecule has 0 unspecified atom stereocenters. The summed E-state index contributed by atoms with van der Waals surface area (Å²) in [6.07, 6.45) is 5.92. The van der Waals surface area contributed by atoms with E-state index in [0.717, 1.165) is 12.8 Å². The third-order valence-electron chi connectivity index (χ3n) is 8.09. The highest BCUT2D eigenvalue weighted by molar-refractivity contribution is 6.02. The number of benzene rings is 1. The third kappa shape index (κ3) is 4.46. The van der Waals surface area contributed by atoms with Crippen LogP contribution in [0.1, 0.15) is 53.3 Å². The Morgan fingerprint density at radius 2 is 1.97 bits per heavy atom. The van der Waals surface area contributed by atoms with Gasteiger partial charge < -0.3 is 21.3 Å². The molecule has 0 bridgehead atoms. The number of primary amides is 1. The van der Waals surface area contributed by atoms with Crippen LogP contribution in [0, 0.1) is 28.5 Å². The van der Waals surface area contributed by atoms with E-state index in [1.807, 2.05) is 6.92 Å². The summed E-state index contributed by atoms with van der Waals surface area (Å²) in [6, 6.07) is 8.17. The second kappa shape index (κ2) is 10.0. The second-order valence-corrected chi connectivity index (χ2v) is 10.3. The first kappa shape index (κ1) is 26.2. The number of carbonyl (C=O) groups is 3. The van der Waals surface area contributed by atoms with Crippen LogP contribution in [-0.2, 0) is 4.79 Å². The topological polar surface area (TPSA) is 146 Å². The van der Waals surface area contributed by atoms with E-state index in [1.165, 1.54) is 25.4 Å². The number of likely N-dealkylation sites (tertiary alicyclic amines) is 1. The second-order valence-electron chi connectivity index (χ2n) is 10.3. The Kier molecular flexibility index (Phi) is 6.72. The fraction of sp³-hybridized carbons (Fsp3) is 0.393. The molecule has 2 fully saturated rings. The number of rotatable bonds is 7. The number of fused-ring (bicyclic) bond motifs is 1. The molecule has 11 heteroatoms. The minimum atomic E-state index is -0.922. The minimum absolute atomic E-state index is 0.0625. The Morgan fingerprint density at radius 1 is 1.21 bits per heavy atom. The van der Waals surface area contributed by atoms with E-state index >= 15 is 0 Å². The standard InChI is InChI=1S/C28H30FN7O3/c1-3-16-12-35(27(39)28(15-30)7-4-8-28)14-22(16)34-24-20(25(31)37)11-33-36-13-18(10-23(24)36)17-5-6-19(21(29)9-17)26(38)32-2/h5-6,9-11,13,16,22,34H,3-4,7-8,12,14H2,1-2H3,(H2,31,37)(H,32,38)/t16-,22+/m0/s1. The van der Waals surface area contributed by atoms with Gasteiger partial charge in [-0.1, -0.05) is 13.0 Å². The summed E-state index contributed by atoms with van der Waals surface area (Å²) in [5.74, 6) is -1.86. The van der Waals surface area contributed by atoms with Crippen molar-refractivity contribution in [2.24, 2.45) is 17.1 Å². The minimum Gasteiger partial charge on any atom is -0.378 e. The molecule has 1 saturated heterocycles. The molecule has 3 heterocycles. The summed E-state index contributed by atoms with van der Waals surface area (Å²) >= 11 is 0. The van der Waals surface area contributed by atoms with E-state index in [1.54, 1.807) is 27.7 Å². The zero-order valence-electron chi connectivity index (χ0n) is 21.8. The van der Waals surface area contributed by atoms with Crippen molar-refractivity contribution >= 4 is 28.9 Å². The summed E-state index contributed by atoms with van der Waals surface area (Å²) in [5, 5.41) is 19.9. The number of nitrogens with one attached hydrogen (secondary N) is 2. The lowest BCUT2D eigenvalue weighted by molar-refractivity contribution is -0.142. The molecule has 202 valence electrons. The number of carbonyl (C=O) groups excluding carboxylic acids is 3. The Morgan fingerprint density at radius 3 is 2.56 bits per heavy atom. The fourth-order valence-corrected chi connectivity index (χ4v) is 5.57. The van der Waals surface area contributed by atoms with E-state index in [4.69, 9.17) is 5.73 Å². The van der Waals surface area contributed by atoms with E-state index in [-0.39, 0.29) is 29.0 Å². The van der Waals surface area contributed by atoms with Crippen molar-refractivity contribution in [3.8, 4) is 17.2 Å². The van der Waals surface area contributed by atoms with Crippen LogP contribution in [0.15, 0.2) is 36.7 Å². The van der Waals surface area contributed by atoms with Crippen LogP contribution in [0.2, 0.25) is 0 Å². The first-order valence-electron chi connectivity index (χ1n) is 13.0. The quantitative estimate of drug-likeness (QED) is 0.427. The number of nitrogens with two attached hydrogens (primary N) is 1. The molecule has 3 amide bonds. The molecule has 5 rings (SSSR count). The maximum atomic E-state index is 14.7. The lowest BCUT2D eigenvalue weighted by Crippen LogP contribution is -2.46.